The number of aromatic amines is 1. The number of hydrogen-bond acceptors (Lipinski definition) is 7. The van der Waals surface area contributed by atoms with Crippen LogP contribution in [0.5, 0.6) is 5.75 Å². The molecule has 6 rings (SSSR count). The molecule has 1 fully saturated rings. The Labute approximate surface area is 246 Å². The fraction of sp³-hybridized carbons (Fsp3) is 0.143. The third kappa shape index (κ3) is 4.81. The van der Waals surface area contributed by atoms with E-state index in [1.807, 2.05) is 6.07 Å². The lowest BCUT2D eigenvalue weighted by atomic mass is 9.82. The second-order valence-corrected chi connectivity index (χ2v) is 12.1. The number of hydrogen-bond donors (Lipinski definition) is 2. The minimum Gasteiger partial charge on any atom is -0.483 e. The molecule has 0 aliphatic carbocycles. The highest BCUT2D eigenvalue weighted by Crippen LogP contribution is 2.54. The SMILES string of the molecule is O=C(COc1ccccc1C1c2sc(=O)[nH]c2SC2C(=O)N(c3ccccc3)C(=O)C21)Nc1ccc(Cl)c(Cl)c1. The number of ether oxygens (including phenoxy) is 1. The van der Waals surface area contributed by atoms with Gasteiger partial charge in [0.2, 0.25) is 11.8 Å². The first-order valence-corrected chi connectivity index (χ1v) is 14.6. The Morgan fingerprint density at radius 3 is 2.48 bits per heavy atom. The zero-order valence-corrected chi connectivity index (χ0v) is 23.6. The molecule has 202 valence electrons. The lowest BCUT2D eigenvalue weighted by Gasteiger charge is -2.30. The number of nitrogens with zero attached hydrogens (tertiary/aromatic N) is 1. The molecule has 3 atom stereocenters. The Kier molecular flexibility index (Phi) is 7.18. The Hall–Kier alpha value is -3.57. The number of thiazole rings is 1. The van der Waals surface area contributed by atoms with Crippen molar-refractivity contribution in [2.75, 3.05) is 16.8 Å². The van der Waals surface area contributed by atoms with Gasteiger partial charge in [-0.3, -0.25) is 19.2 Å². The normalized spacial score (nSPS) is 19.8. The van der Waals surface area contributed by atoms with Crippen LogP contribution >= 0.6 is 46.3 Å². The zero-order valence-electron chi connectivity index (χ0n) is 20.4. The van der Waals surface area contributed by atoms with Crippen molar-refractivity contribution in [1.29, 1.82) is 0 Å². The molecular formula is C28H19Cl2N3O5S2. The number of rotatable bonds is 6. The minimum atomic E-state index is -0.772. The topological polar surface area (TPSA) is 109 Å². The molecule has 0 bridgehead atoms. The van der Waals surface area contributed by atoms with E-state index in [4.69, 9.17) is 27.9 Å². The third-order valence-corrected chi connectivity index (χ3v) is 9.79. The molecule has 4 aromatic rings. The summed E-state index contributed by atoms with van der Waals surface area (Å²) in [6, 6.07) is 20.5. The molecule has 3 amide bonds. The molecule has 0 radical (unpaired) electrons. The Morgan fingerprint density at radius 1 is 0.950 bits per heavy atom. The molecule has 3 unspecified atom stereocenters. The molecule has 2 N–H and O–H groups in total. The number of anilines is 2. The summed E-state index contributed by atoms with van der Waals surface area (Å²) in [5.41, 5.74) is 1.56. The van der Waals surface area contributed by atoms with Crippen molar-refractivity contribution >= 4 is 75.4 Å². The maximum atomic E-state index is 13.9. The Bertz CT molecular complexity index is 1710. The van der Waals surface area contributed by atoms with Crippen LogP contribution in [-0.2, 0) is 14.4 Å². The summed E-state index contributed by atoms with van der Waals surface area (Å²) in [7, 11) is 0. The lowest BCUT2D eigenvalue weighted by Crippen LogP contribution is -2.32. The second kappa shape index (κ2) is 10.8. The highest BCUT2D eigenvalue weighted by molar-refractivity contribution is 8.00. The fourth-order valence-corrected chi connectivity index (χ4v) is 7.77. The monoisotopic (exact) mass is 611 g/mol. The van der Waals surface area contributed by atoms with Gasteiger partial charge < -0.3 is 15.0 Å². The van der Waals surface area contributed by atoms with Gasteiger partial charge in [-0.05, 0) is 36.4 Å². The quantitative estimate of drug-likeness (QED) is 0.276. The molecule has 2 aliphatic rings. The predicted octanol–water partition coefficient (Wildman–Crippen LogP) is 5.56. The van der Waals surface area contributed by atoms with Crippen LogP contribution in [-0.4, -0.2) is 34.6 Å². The van der Waals surface area contributed by atoms with Crippen molar-refractivity contribution in [2.24, 2.45) is 5.92 Å². The number of carbonyl (C=O) groups excluding carboxylic acids is 3. The molecule has 2 aliphatic heterocycles. The van der Waals surface area contributed by atoms with E-state index in [1.54, 1.807) is 60.7 Å². The number of aromatic nitrogens is 1. The number of fused-ring (bicyclic) bond motifs is 2. The number of para-hydroxylation sites is 2. The minimum absolute atomic E-state index is 0.276. The van der Waals surface area contributed by atoms with Gasteiger partial charge in [-0.15, -0.1) is 0 Å². The van der Waals surface area contributed by atoms with Gasteiger partial charge in [-0.1, -0.05) is 82.7 Å². The van der Waals surface area contributed by atoms with Crippen LogP contribution in [0.1, 0.15) is 16.4 Å². The Morgan fingerprint density at radius 2 is 1.70 bits per heavy atom. The van der Waals surface area contributed by atoms with Crippen molar-refractivity contribution in [3.63, 3.8) is 0 Å². The van der Waals surface area contributed by atoms with E-state index < -0.39 is 23.0 Å². The van der Waals surface area contributed by atoms with Crippen LogP contribution in [0.3, 0.4) is 0 Å². The number of amides is 3. The van der Waals surface area contributed by atoms with Gasteiger partial charge in [0, 0.05) is 22.0 Å². The number of carbonyl (C=O) groups is 3. The van der Waals surface area contributed by atoms with E-state index in [2.05, 4.69) is 10.3 Å². The van der Waals surface area contributed by atoms with E-state index in [0.29, 0.717) is 42.6 Å². The molecule has 3 heterocycles. The summed E-state index contributed by atoms with van der Waals surface area (Å²) in [5, 5.41) is 3.21. The van der Waals surface area contributed by atoms with Gasteiger partial charge in [0.25, 0.3) is 5.91 Å². The van der Waals surface area contributed by atoms with E-state index in [0.717, 1.165) is 11.3 Å². The van der Waals surface area contributed by atoms with Gasteiger partial charge in [-0.25, -0.2) is 4.90 Å². The zero-order chi connectivity index (χ0) is 28.0. The molecule has 8 nitrogen and oxygen atoms in total. The Balaban J connectivity index is 1.32. The van der Waals surface area contributed by atoms with Crippen molar-refractivity contribution in [1.82, 2.24) is 4.98 Å². The largest absolute Gasteiger partial charge is 0.483 e. The van der Waals surface area contributed by atoms with Gasteiger partial charge in [0.15, 0.2) is 6.61 Å². The van der Waals surface area contributed by atoms with Crippen LogP contribution in [0.15, 0.2) is 82.6 Å². The summed E-state index contributed by atoms with van der Waals surface area (Å²) in [4.78, 5) is 56.9. The van der Waals surface area contributed by atoms with E-state index >= 15 is 0 Å². The summed E-state index contributed by atoms with van der Waals surface area (Å²) in [6.07, 6.45) is 0. The van der Waals surface area contributed by atoms with Crippen molar-refractivity contribution in [3.05, 3.63) is 103 Å². The van der Waals surface area contributed by atoms with Gasteiger partial charge in [0.05, 0.1) is 26.7 Å². The molecule has 12 heteroatoms. The predicted molar refractivity (Wildman–Crippen MR) is 156 cm³/mol. The third-order valence-electron chi connectivity index (χ3n) is 6.65. The van der Waals surface area contributed by atoms with Crippen molar-refractivity contribution in [2.45, 2.75) is 16.2 Å². The fourth-order valence-electron chi connectivity index (χ4n) is 4.97. The van der Waals surface area contributed by atoms with Gasteiger partial charge in [0.1, 0.15) is 11.0 Å². The summed E-state index contributed by atoms with van der Waals surface area (Å²) < 4.78 is 5.95. The first kappa shape index (κ1) is 26.6. The standard InChI is InChI=1S/C28H19Cl2N3O5S2/c29-17-11-10-14(12-18(17)30)31-20(34)13-38-19-9-5-4-8-16(19)21-22-24(39-25-23(21)40-28(37)32-25)27(36)33(26(22)35)15-6-2-1-3-7-15/h1-12,21-22,24H,13H2,(H,31,34)(H,32,37). The van der Waals surface area contributed by atoms with Crippen molar-refractivity contribution < 1.29 is 19.1 Å². The number of H-pyrrole nitrogens is 1. The number of benzene rings is 3. The maximum absolute atomic E-state index is 13.9. The molecule has 0 saturated carbocycles. The highest BCUT2D eigenvalue weighted by Gasteiger charge is 2.56. The van der Waals surface area contributed by atoms with Gasteiger partial charge in [-0.2, -0.15) is 0 Å². The number of halogens is 2. The molecular weight excluding hydrogens is 593 g/mol. The van der Waals surface area contributed by atoms with Crippen LogP contribution < -0.4 is 19.8 Å². The molecule has 1 saturated heterocycles. The van der Waals surface area contributed by atoms with Crippen LogP contribution in [0, 0.1) is 5.92 Å². The average molecular weight is 613 g/mol. The van der Waals surface area contributed by atoms with Crippen LogP contribution in [0.25, 0.3) is 0 Å². The van der Waals surface area contributed by atoms with E-state index in [9.17, 15) is 19.2 Å². The van der Waals surface area contributed by atoms with E-state index in [1.165, 1.54) is 22.7 Å². The summed E-state index contributed by atoms with van der Waals surface area (Å²) in [5.74, 6) is -2.16. The highest BCUT2D eigenvalue weighted by atomic mass is 35.5. The molecule has 3 aromatic carbocycles. The lowest BCUT2D eigenvalue weighted by molar-refractivity contribution is -0.122. The van der Waals surface area contributed by atoms with Crippen LogP contribution in [0.2, 0.25) is 10.0 Å². The van der Waals surface area contributed by atoms with E-state index in [-0.39, 0.29) is 23.3 Å². The number of thioether (sulfide) groups is 1. The van der Waals surface area contributed by atoms with Crippen molar-refractivity contribution in [3.8, 4) is 5.75 Å². The molecule has 40 heavy (non-hydrogen) atoms. The van der Waals surface area contributed by atoms with Gasteiger partial charge >= 0.3 is 4.87 Å². The first-order chi connectivity index (χ1) is 19.3. The number of nitrogens with one attached hydrogen (secondary N) is 2. The average Bonchev–Trinajstić information content (AvgIpc) is 3.44. The summed E-state index contributed by atoms with van der Waals surface area (Å²) in [6.45, 7) is -0.327. The molecule has 1 aromatic heterocycles. The first-order valence-electron chi connectivity index (χ1n) is 12.1. The molecule has 0 spiro atoms. The summed E-state index contributed by atoms with van der Waals surface area (Å²) >= 11 is 14.2. The second-order valence-electron chi connectivity index (χ2n) is 9.10. The number of imide groups is 1. The maximum Gasteiger partial charge on any atom is 0.305 e. The van der Waals surface area contributed by atoms with Crippen LogP contribution in [0.4, 0.5) is 11.4 Å². The smallest absolute Gasteiger partial charge is 0.305 e.